The third-order valence-corrected chi connectivity index (χ3v) is 2.76. The Kier molecular flexibility index (Phi) is 4.07. The fourth-order valence-corrected chi connectivity index (χ4v) is 1.64. The van der Waals surface area contributed by atoms with Crippen LogP contribution in [0.25, 0.3) is 0 Å². The van der Waals surface area contributed by atoms with E-state index in [1.807, 2.05) is 10.9 Å². The molecule has 84 valence electrons. The maximum absolute atomic E-state index is 3.89. The molecule has 0 aliphatic rings. The van der Waals surface area contributed by atoms with Gasteiger partial charge in [0, 0.05) is 23.8 Å². The first kappa shape index (κ1) is 11.3. The molecule has 0 saturated heterocycles. The Morgan fingerprint density at radius 1 is 1.25 bits per heavy atom. The summed E-state index contributed by atoms with van der Waals surface area (Å²) in [7, 11) is 0. The summed E-state index contributed by atoms with van der Waals surface area (Å²) in [6.45, 7) is 2.61. The van der Waals surface area contributed by atoms with Gasteiger partial charge in [-0.2, -0.15) is 0 Å². The third kappa shape index (κ3) is 3.43. The van der Waals surface area contributed by atoms with Crippen molar-refractivity contribution in [2.75, 3.05) is 6.54 Å². The lowest BCUT2D eigenvalue weighted by Gasteiger charge is -2.04. The maximum Gasteiger partial charge on any atom is 0.0692 e. The van der Waals surface area contributed by atoms with Gasteiger partial charge < -0.3 is 5.32 Å². The van der Waals surface area contributed by atoms with Gasteiger partial charge in [-0.25, -0.2) is 0 Å². The van der Waals surface area contributed by atoms with Crippen LogP contribution in [0, 0.1) is 0 Å². The molecule has 0 bridgehead atoms. The summed E-state index contributed by atoms with van der Waals surface area (Å²) in [4.78, 5) is 0. The van der Waals surface area contributed by atoms with Gasteiger partial charge in [0.1, 0.15) is 0 Å². The molecule has 1 aromatic carbocycles. The Morgan fingerprint density at radius 2 is 2.06 bits per heavy atom. The highest BCUT2D eigenvalue weighted by molar-refractivity contribution is 9.10. The van der Waals surface area contributed by atoms with Crippen LogP contribution in [-0.2, 0) is 13.1 Å². The maximum atomic E-state index is 3.89. The van der Waals surface area contributed by atoms with Crippen LogP contribution in [0.3, 0.4) is 0 Å². The van der Waals surface area contributed by atoms with Gasteiger partial charge in [-0.15, -0.1) is 5.10 Å². The Bertz CT molecular complexity index is 410. The molecule has 1 aromatic heterocycles. The Balaban J connectivity index is 1.70. The number of aromatic nitrogens is 3. The number of benzene rings is 1. The van der Waals surface area contributed by atoms with Crippen molar-refractivity contribution >= 4 is 15.9 Å². The topological polar surface area (TPSA) is 42.7 Å². The molecule has 5 heteroatoms. The average Bonchev–Trinajstić information content (AvgIpc) is 2.80. The minimum absolute atomic E-state index is 0.844. The molecule has 0 fully saturated rings. The second kappa shape index (κ2) is 5.77. The van der Waals surface area contributed by atoms with Crippen LogP contribution in [0.1, 0.15) is 5.56 Å². The SMILES string of the molecule is Brc1ccc(CNCCn2ccnn2)cc1. The predicted molar refractivity (Wildman–Crippen MR) is 65.9 cm³/mol. The number of nitrogens with one attached hydrogen (secondary N) is 1. The molecular weight excluding hydrogens is 268 g/mol. The van der Waals surface area contributed by atoms with Crippen molar-refractivity contribution in [2.45, 2.75) is 13.1 Å². The van der Waals surface area contributed by atoms with E-state index in [0.717, 1.165) is 24.1 Å². The molecular formula is C11H13BrN4. The van der Waals surface area contributed by atoms with Crippen molar-refractivity contribution in [3.63, 3.8) is 0 Å². The average molecular weight is 281 g/mol. The van der Waals surface area contributed by atoms with Gasteiger partial charge in [0.25, 0.3) is 0 Å². The quantitative estimate of drug-likeness (QED) is 0.850. The fourth-order valence-electron chi connectivity index (χ4n) is 1.38. The number of hydrogen-bond donors (Lipinski definition) is 1. The highest BCUT2D eigenvalue weighted by Gasteiger charge is 1.94. The molecule has 4 nitrogen and oxygen atoms in total. The van der Waals surface area contributed by atoms with Gasteiger partial charge in [-0.3, -0.25) is 4.68 Å². The molecule has 0 aliphatic carbocycles. The molecule has 1 heterocycles. The summed E-state index contributed by atoms with van der Waals surface area (Å²) in [6, 6.07) is 8.31. The Morgan fingerprint density at radius 3 is 2.75 bits per heavy atom. The Labute approximate surface area is 103 Å². The minimum Gasteiger partial charge on any atom is -0.311 e. The molecule has 0 aliphatic heterocycles. The van der Waals surface area contributed by atoms with E-state index in [0.29, 0.717) is 0 Å². The summed E-state index contributed by atoms with van der Waals surface area (Å²) < 4.78 is 2.92. The first-order valence-electron chi connectivity index (χ1n) is 5.14. The summed E-state index contributed by atoms with van der Waals surface area (Å²) in [5.74, 6) is 0. The number of rotatable bonds is 5. The molecule has 2 aromatic rings. The smallest absolute Gasteiger partial charge is 0.0692 e. The van der Waals surface area contributed by atoms with Crippen molar-refractivity contribution in [1.29, 1.82) is 0 Å². The highest BCUT2D eigenvalue weighted by atomic mass is 79.9. The van der Waals surface area contributed by atoms with Gasteiger partial charge in [0.15, 0.2) is 0 Å². The van der Waals surface area contributed by atoms with E-state index in [2.05, 4.69) is 55.8 Å². The zero-order chi connectivity index (χ0) is 11.2. The fraction of sp³-hybridized carbons (Fsp3) is 0.273. The molecule has 0 saturated carbocycles. The zero-order valence-corrected chi connectivity index (χ0v) is 10.4. The van der Waals surface area contributed by atoms with Gasteiger partial charge in [0.05, 0.1) is 12.7 Å². The zero-order valence-electron chi connectivity index (χ0n) is 8.81. The van der Waals surface area contributed by atoms with Crippen LogP contribution < -0.4 is 5.32 Å². The molecule has 0 unspecified atom stereocenters. The van der Waals surface area contributed by atoms with Crippen LogP contribution in [-0.4, -0.2) is 21.5 Å². The first-order chi connectivity index (χ1) is 7.84. The molecule has 0 amide bonds. The van der Waals surface area contributed by atoms with Crippen molar-refractivity contribution in [3.8, 4) is 0 Å². The number of hydrogen-bond acceptors (Lipinski definition) is 3. The molecule has 2 rings (SSSR count). The van der Waals surface area contributed by atoms with Crippen molar-refractivity contribution in [3.05, 3.63) is 46.7 Å². The molecule has 16 heavy (non-hydrogen) atoms. The van der Waals surface area contributed by atoms with E-state index < -0.39 is 0 Å². The standard InChI is InChI=1S/C11H13BrN4/c12-11-3-1-10(2-4-11)9-13-5-7-16-8-6-14-15-16/h1-4,6,8,13H,5,7,9H2. The van der Waals surface area contributed by atoms with Crippen LogP contribution in [0.4, 0.5) is 0 Å². The summed E-state index contributed by atoms with van der Waals surface area (Å²) in [6.07, 6.45) is 3.55. The van der Waals surface area contributed by atoms with E-state index in [4.69, 9.17) is 0 Å². The highest BCUT2D eigenvalue weighted by Crippen LogP contribution is 2.09. The minimum atomic E-state index is 0.844. The summed E-state index contributed by atoms with van der Waals surface area (Å²) in [5, 5.41) is 11.0. The second-order valence-electron chi connectivity index (χ2n) is 3.47. The van der Waals surface area contributed by atoms with Crippen molar-refractivity contribution in [2.24, 2.45) is 0 Å². The van der Waals surface area contributed by atoms with Crippen LogP contribution in [0.15, 0.2) is 41.1 Å². The van der Waals surface area contributed by atoms with E-state index in [1.54, 1.807) is 6.20 Å². The lowest BCUT2D eigenvalue weighted by Crippen LogP contribution is -2.19. The van der Waals surface area contributed by atoms with E-state index in [-0.39, 0.29) is 0 Å². The monoisotopic (exact) mass is 280 g/mol. The van der Waals surface area contributed by atoms with Gasteiger partial charge in [-0.05, 0) is 17.7 Å². The van der Waals surface area contributed by atoms with Crippen molar-refractivity contribution in [1.82, 2.24) is 20.3 Å². The third-order valence-electron chi connectivity index (χ3n) is 2.23. The van der Waals surface area contributed by atoms with Crippen molar-refractivity contribution < 1.29 is 0 Å². The lowest BCUT2D eigenvalue weighted by atomic mass is 10.2. The normalized spacial score (nSPS) is 10.6. The molecule has 1 N–H and O–H groups in total. The number of halogens is 1. The first-order valence-corrected chi connectivity index (χ1v) is 5.93. The van der Waals surface area contributed by atoms with E-state index >= 15 is 0 Å². The lowest BCUT2D eigenvalue weighted by molar-refractivity contribution is 0.540. The predicted octanol–water partition coefficient (Wildman–Crippen LogP) is 1.83. The second-order valence-corrected chi connectivity index (χ2v) is 4.39. The van der Waals surface area contributed by atoms with E-state index in [9.17, 15) is 0 Å². The van der Waals surface area contributed by atoms with Crippen LogP contribution in [0.5, 0.6) is 0 Å². The van der Waals surface area contributed by atoms with Gasteiger partial charge >= 0.3 is 0 Å². The number of nitrogens with zero attached hydrogens (tertiary/aromatic N) is 3. The summed E-state index contributed by atoms with van der Waals surface area (Å²) >= 11 is 3.41. The molecule has 0 spiro atoms. The van der Waals surface area contributed by atoms with Crippen LogP contribution >= 0.6 is 15.9 Å². The largest absolute Gasteiger partial charge is 0.311 e. The van der Waals surface area contributed by atoms with Crippen LogP contribution in [0.2, 0.25) is 0 Å². The molecule has 0 atom stereocenters. The summed E-state index contributed by atoms with van der Waals surface area (Å²) in [5.41, 5.74) is 1.28. The van der Waals surface area contributed by atoms with Gasteiger partial charge in [-0.1, -0.05) is 33.3 Å². The van der Waals surface area contributed by atoms with E-state index in [1.165, 1.54) is 5.56 Å². The van der Waals surface area contributed by atoms with Gasteiger partial charge in [0.2, 0.25) is 0 Å². The molecule has 0 radical (unpaired) electrons. The Hall–Kier alpha value is -1.20.